The zero-order valence-corrected chi connectivity index (χ0v) is 16.4. The second-order valence-electron chi connectivity index (χ2n) is 7.35. The van der Waals surface area contributed by atoms with Crippen molar-refractivity contribution < 1.29 is 4.79 Å². The lowest BCUT2D eigenvalue weighted by Gasteiger charge is -2.17. The first-order valence-corrected chi connectivity index (χ1v) is 9.58. The number of amides is 1. The number of rotatable bonds is 6. The summed E-state index contributed by atoms with van der Waals surface area (Å²) < 4.78 is 4.87. The highest BCUT2D eigenvalue weighted by atomic mass is 16.2. The largest absolute Gasteiger partial charge is 0.346 e. The van der Waals surface area contributed by atoms with Gasteiger partial charge in [0.2, 0.25) is 5.91 Å². The van der Waals surface area contributed by atoms with Gasteiger partial charge in [-0.25, -0.2) is 9.48 Å². The molecule has 2 aromatic rings. The number of hydrogen-bond donors (Lipinski definition) is 1. The van der Waals surface area contributed by atoms with Crippen molar-refractivity contribution in [1.82, 2.24) is 29.0 Å². The minimum Gasteiger partial charge on any atom is -0.338 e. The van der Waals surface area contributed by atoms with Crippen LogP contribution >= 0.6 is 0 Å². The van der Waals surface area contributed by atoms with Crippen LogP contribution in [0.25, 0.3) is 0 Å². The minimum atomic E-state index is -0.229. The summed E-state index contributed by atoms with van der Waals surface area (Å²) >= 11 is 0. The molecular weight excluding hydrogens is 346 g/mol. The Morgan fingerprint density at radius 2 is 2.11 bits per heavy atom. The Morgan fingerprint density at radius 3 is 2.85 bits per heavy atom. The molecule has 0 saturated carbocycles. The molecule has 3 rings (SSSR count). The second kappa shape index (κ2) is 8.08. The summed E-state index contributed by atoms with van der Waals surface area (Å²) in [5.41, 5.74) is 7.67. The molecule has 27 heavy (non-hydrogen) atoms. The number of hydrogen-bond acceptors (Lipinski definition) is 5. The van der Waals surface area contributed by atoms with Gasteiger partial charge >= 0.3 is 5.69 Å². The van der Waals surface area contributed by atoms with Crippen molar-refractivity contribution in [3.63, 3.8) is 0 Å². The van der Waals surface area contributed by atoms with Gasteiger partial charge in [0.25, 0.3) is 0 Å². The zero-order valence-electron chi connectivity index (χ0n) is 16.4. The van der Waals surface area contributed by atoms with Crippen LogP contribution in [0.1, 0.15) is 43.4 Å². The van der Waals surface area contributed by atoms with Gasteiger partial charge in [-0.1, -0.05) is 6.92 Å². The van der Waals surface area contributed by atoms with Gasteiger partial charge in [0.05, 0.1) is 17.9 Å². The van der Waals surface area contributed by atoms with Crippen molar-refractivity contribution in [1.29, 1.82) is 0 Å². The molecule has 9 nitrogen and oxygen atoms in total. The molecule has 0 saturated heterocycles. The summed E-state index contributed by atoms with van der Waals surface area (Å²) in [5, 5.41) is 8.84. The molecule has 148 valence electrons. The Kier molecular flexibility index (Phi) is 5.79. The van der Waals surface area contributed by atoms with Gasteiger partial charge in [0, 0.05) is 32.6 Å². The van der Waals surface area contributed by atoms with E-state index in [9.17, 15) is 9.59 Å². The van der Waals surface area contributed by atoms with Crippen LogP contribution in [0.4, 0.5) is 0 Å². The fraction of sp³-hybridized carbons (Fsp3) is 0.667. The van der Waals surface area contributed by atoms with E-state index in [2.05, 4.69) is 17.1 Å². The molecule has 0 spiro atoms. The molecule has 2 aromatic heterocycles. The molecule has 9 heteroatoms. The monoisotopic (exact) mass is 375 g/mol. The lowest BCUT2D eigenvalue weighted by Crippen LogP contribution is -2.35. The quantitative estimate of drug-likeness (QED) is 0.781. The van der Waals surface area contributed by atoms with Crippen molar-refractivity contribution >= 4 is 5.91 Å². The van der Waals surface area contributed by atoms with Crippen LogP contribution in [0.5, 0.6) is 0 Å². The normalized spacial score (nSPS) is 16.8. The van der Waals surface area contributed by atoms with E-state index in [0.29, 0.717) is 19.5 Å². The lowest BCUT2D eigenvalue weighted by molar-refractivity contribution is -0.131. The molecular formula is C18H29N7O2. The molecule has 0 bridgehead atoms. The number of nitrogens with two attached hydrogens (primary N) is 1. The Hall–Kier alpha value is -2.42. The van der Waals surface area contributed by atoms with Crippen molar-refractivity contribution in [3.05, 3.63) is 33.8 Å². The van der Waals surface area contributed by atoms with Crippen LogP contribution in [-0.2, 0) is 37.4 Å². The lowest BCUT2D eigenvalue weighted by atomic mass is 10.1. The highest BCUT2D eigenvalue weighted by Gasteiger charge is 2.21. The molecule has 0 aliphatic carbocycles. The molecule has 1 aliphatic heterocycles. The number of aromatic nitrogens is 5. The van der Waals surface area contributed by atoms with E-state index in [4.69, 9.17) is 5.73 Å². The molecule has 2 N–H and O–H groups in total. The van der Waals surface area contributed by atoms with Gasteiger partial charge in [-0.2, -0.15) is 10.2 Å². The number of aryl methyl sites for hydroxylation is 3. The summed E-state index contributed by atoms with van der Waals surface area (Å²) in [4.78, 5) is 26.8. The molecule has 3 heterocycles. The van der Waals surface area contributed by atoms with Gasteiger partial charge in [-0.05, 0) is 32.3 Å². The first kappa shape index (κ1) is 19.3. The molecule has 1 unspecified atom stereocenters. The van der Waals surface area contributed by atoms with Crippen LogP contribution in [0.3, 0.4) is 0 Å². The van der Waals surface area contributed by atoms with Crippen LogP contribution in [0, 0.1) is 6.92 Å². The fourth-order valence-electron chi connectivity index (χ4n) is 3.46. The molecule has 0 fully saturated rings. The molecule has 0 aromatic carbocycles. The first-order chi connectivity index (χ1) is 12.9. The molecule has 0 radical (unpaired) electrons. The fourth-order valence-corrected chi connectivity index (χ4v) is 3.46. The predicted octanol–water partition coefficient (Wildman–Crippen LogP) is 0.282. The third-order valence-electron chi connectivity index (χ3n) is 4.99. The van der Waals surface area contributed by atoms with Crippen LogP contribution in [0.2, 0.25) is 0 Å². The molecule has 1 atom stereocenters. The summed E-state index contributed by atoms with van der Waals surface area (Å²) in [6.45, 7) is 5.83. The van der Waals surface area contributed by atoms with Gasteiger partial charge in [0.1, 0.15) is 12.4 Å². The maximum absolute atomic E-state index is 12.6. The van der Waals surface area contributed by atoms with Crippen molar-refractivity contribution in [2.24, 2.45) is 5.73 Å². The van der Waals surface area contributed by atoms with E-state index in [1.807, 2.05) is 17.7 Å². The average Bonchev–Trinajstić information content (AvgIpc) is 3.03. The van der Waals surface area contributed by atoms with Crippen molar-refractivity contribution in [2.75, 3.05) is 7.05 Å². The topological polar surface area (TPSA) is 104 Å². The van der Waals surface area contributed by atoms with E-state index in [-0.39, 0.29) is 24.2 Å². The zero-order chi connectivity index (χ0) is 19.6. The number of carbonyl (C=O) groups is 1. The van der Waals surface area contributed by atoms with Crippen LogP contribution < -0.4 is 11.4 Å². The summed E-state index contributed by atoms with van der Waals surface area (Å²) in [7, 11) is 1.74. The van der Waals surface area contributed by atoms with E-state index in [0.717, 1.165) is 43.0 Å². The third kappa shape index (κ3) is 4.29. The standard InChI is InChI=1S/C18H29N7O2/c1-4-8-24-15(10-13(2)20-24)11-22(3)17(26)12-25-18(27)23-9-7-14(19)5-6-16(23)21-25/h10,14H,4-9,11-12,19H2,1-3H3. The van der Waals surface area contributed by atoms with Crippen LogP contribution in [0.15, 0.2) is 10.9 Å². The van der Waals surface area contributed by atoms with E-state index in [1.165, 1.54) is 4.68 Å². The smallest absolute Gasteiger partial charge is 0.338 e. The summed E-state index contributed by atoms with van der Waals surface area (Å²) in [6.07, 6.45) is 3.21. The second-order valence-corrected chi connectivity index (χ2v) is 7.35. The number of fused-ring (bicyclic) bond motifs is 1. The van der Waals surface area contributed by atoms with Crippen LogP contribution in [-0.4, -0.2) is 48.0 Å². The maximum Gasteiger partial charge on any atom is 0.346 e. The average molecular weight is 375 g/mol. The summed E-state index contributed by atoms with van der Waals surface area (Å²) in [6, 6.07) is 2.09. The van der Waals surface area contributed by atoms with Crippen molar-refractivity contribution in [3.8, 4) is 0 Å². The first-order valence-electron chi connectivity index (χ1n) is 9.58. The Bertz CT molecular complexity index is 864. The van der Waals surface area contributed by atoms with Gasteiger partial charge in [0.15, 0.2) is 0 Å². The maximum atomic E-state index is 12.6. The van der Waals surface area contributed by atoms with Crippen molar-refractivity contribution in [2.45, 2.75) is 71.8 Å². The Balaban J connectivity index is 1.69. The van der Waals surface area contributed by atoms with E-state index < -0.39 is 0 Å². The molecule has 1 aliphatic rings. The summed E-state index contributed by atoms with van der Waals surface area (Å²) in [5.74, 6) is 0.573. The molecule has 1 amide bonds. The van der Waals surface area contributed by atoms with Gasteiger partial charge < -0.3 is 10.6 Å². The third-order valence-corrected chi connectivity index (χ3v) is 4.99. The Morgan fingerprint density at radius 1 is 1.33 bits per heavy atom. The minimum absolute atomic E-state index is 0.0533. The van der Waals surface area contributed by atoms with E-state index in [1.54, 1.807) is 16.5 Å². The van der Waals surface area contributed by atoms with Gasteiger partial charge in [-0.3, -0.25) is 14.0 Å². The Labute approximate surface area is 158 Å². The SMILES string of the molecule is CCCn1nc(C)cc1CN(C)C(=O)Cn1nc2n(c1=O)CCC(N)CC2. The number of nitrogens with zero attached hydrogens (tertiary/aromatic N) is 6. The number of likely N-dealkylation sites (N-methyl/N-ethyl adjacent to an activating group) is 1. The number of carbonyl (C=O) groups excluding carboxylic acids is 1. The van der Waals surface area contributed by atoms with E-state index >= 15 is 0 Å². The highest BCUT2D eigenvalue weighted by Crippen LogP contribution is 2.11. The highest BCUT2D eigenvalue weighted by molar-refractivity contribution is 5.75. The predicted molar refractivity (Wildman–Crippen MR) is 101 cm³/mol. The van der Waals surface area contributed by atoms with Gasteiger partial charge in [-0.15, -0.1) is 0 Å².